The Hall–Kier alpha value is -3.63. The molecule has 3 aromatic rings. The van der Waals surface area contributed by atoms with Crippen molar-refractivity contribution in [2.75, 3.05) is 5.32 Å². The predicted molar refractivity (Wildman–Crippen MR) is 120 cm³/mol. The summed E-state index contributed by atoms with van der Waals surface area (Å²) in [4.78, 5) is 48.7. The van der Waals surface area contributed by atoms with Crippen LogP contribution >= 0.6 is 23.2 Å². The summed E-state index contributed by atoms with van der Waals surface area (Å²) >= 11 is 12.6. The molecule has 1 amide bonds. The molecule has 0 saturated carbocycles. The molecule has 0 saturated heterocycles. The van der Waals surface area contributed by atoms with Crippen molar-refractivity contribution in [3.63, 3.8) is 0 Å². The summed E-state index contributed by atoms with van der Waals surface area (Å²) in [5, 5.41) is 8.22. The molecule has 0 aliphatic carbocycles. The van der Waals surface area contributed by atoms with E-state index in [1.54, 1.807) is 18.2 Å². The second-order valence-electron chi connectivity index (χ2n) is 7.88. The van der Waals surface area contributed by atoms with E-state index in [-0.39, 0.29) is 27.5 Å². The Morgan fingerprint density at radius 3 is 2.42 bits per heavy atom. The number of aromatic amines is 2. The van der Waals surface area contributed by atoms with Crippen LogP contribution in [0.4, 0.5) is 5.69 Å². The van der Waals surface area contributed by atoms with Gasteiger partial charge in [-0.05, 0) is 23.8 Å². The SMILES string of the molecule is CC1(C)CC(=O)Nc2ccc(Oc3c(Cl)cc(OC(=O)c4n[nH]c(=O)[nH]c4=O)cc3Cl)cc21. The monoisotopic (exact) mass is 490 g/mol. The van der Waals surface area contributed by atoms with Gasteiger partial charge in [-0.2, -0.15) is 5.10 Å². The summed E-state index contributed by atoms with van der Waals surface area (Å²) in [7, 11) is 0. The van der Waals surface area contributed by atoms with E-state index in [0.29, 0.717) is 17.9 Å². The summed E-state index contributed by atoms with van der Waals surface area (Å²) in [6, 6.07) is 7.75. The highest BCUT2D eigenvalue weighted by Crippen LogP contribution is 2.43. The van der Waals surface area contributed by atoms with Gasteiger partial charge in [0.1, 0.15) is 11.5 Å². The zero-order valence-corrected chi connectivity index (χ0v) is 18.8. The molecule has 0 spiro atoms. The van der Waals surface area contributed by atoms with Gasteiger partial charge in [0.25, 0.3) is 5.56 Å². The second kappa shape index (κ2) is 8.38. The number of halogens is 2. The van der Waals surface area contributed by atoms with Gasteiger partial charge in [0, 0.05) is 29.7 Å². The molecule has 0 atom stereocenters. The van der Waals surface area contributed by atoms with Crippen molar-refractivity contribution in [3.05, 3.63) is 72.5 Å². The molecular weight excluding hydrogens is 475 g/mol. The van der Waals surface area contributed by atoms with Crippen molar-refractivity contribution >= 4 is 40.8 Å². The maximum atomic E-state index is 12.2. The van der Waals surface area contributed by atoms with Crippen LogP contribution in [0.2, 0.25) is 10.0 Å². The van der Waals surface area contributed by atoms with Crippen LogP contribution in [0, 0.1) is 0 Å². The van der Waals surface area contributed by atoms with Crippen molar-refractivity contribution in [1.29, 1.82) is 0 Å². The van der Waals surface area contributed by atoms with E-state index in [9.17, 15) is 19.2 Å². The Bertz CT molecular complexity index is 1390. The first-order valence-corrected chi connectivity index (χ1v) is 10.3. The number of hydrogen-bond acceptors (Lipinski definition) is 7. The van der Waals surface area contributed by atoms with Gasteiger partial charge in [0.2, 0.25) is 11.6 Å². The lowest BCUT2D eigenvalue weighted by molar-refractivity contribution is -0.117. The van der Waals surface area contributed by atoms with E-state index in [1.165, 1.54) is 12.1 Å². The van der Waals surface area contributed by atoms with Gasteiger partial charge in [-0.25, -0.2) is 14.7 Å². The summed E-state index contributed by atoms with van der Waals surface area (Å²) < 4.78 is 11.0. The fraction of sp³-hybridized carbons (Fsp3) is 0.190. The van der Waals surface area contributed by atoms with Crippen LogP contribution in [-0.2, 0) is 10.2 Å². The number of aromatic nitrogens is 3. The Kier molecular flexibility index (Phi) is 5.73. The number of ether oxygens (including phenoxy) is 2. The Labute approximate surface area is 195 Å². The molecule has 0 radical (unpaired) electrons. The lowest BCUT2D eigenvalue weighted by Gasteiger charge is -2.32. The molecule has 1 aliphatic heterocycles. The summed E-state index contributed by atoms with van der Waals surface area (Å²) in [5.74, 6) is -0.681. The Morgan fingerprint density at radius 1 is 1.06 bits per heavy atom. The average molecular weight is 491 g/mol. The van der Waals surface area contributed by atoms with Gasteiger partial charge in [-0.15, -0.1) is 0 Å². The first-order chi connectivity index (χ1) is 15.5. The van der Waals surface area contributed by atoms with Gasteiger partial charge < -0.3 is 14.8 Å². The molecule has 170 valence electrons. The molecule has 0 fully saturated rings. The molecule has 4 rings (SSSR count). The normalized spacial score (nSPS) is 14.2. The number of H-pyrrole nitrogens is 2. The van der Waals surface area contributed by atoms with E-state index >= 15 is 0 Å². The molecule has 2 aromatic carbocycles. The topological polar surface area (TPSA) is 143 Å². The van der Waals surface area contributed by atoms with Crippen LogP contribution < -0.4 is 26.0 Å². The van der Waals surface area contributed by atoms with Crippen molar-refractivity contribution in [1.82, 2.24) is 15.2 Å². The smallest absolute Gasteiger partial charge is 0.369 e. The summed E-state index contributed by atoms with van der Waals surface area (Å²) in [6.07, 6.45) is 0.331. The number of benzene rings is 2. The van der Waals surface area contributed by atoms with Crippen LogP contribution in [0.1, 0.15) is 36.3 Å². The minimum absolute atomic E-state index is 0.0407. The van der Waals surface area contributed by atoms with Crippen molar-refractivity contribution in [2.24, 2.45) is 0 Å². The molecule has 33 heavy (non-hydrogen) atoms. The van der Waals surface area contributed by atoms with E-state index in [4.69, 9.17) is 32.7 Å². The highest BCUT2D eigenvalue weighted by atomic mass is 35.5. The summed E-state index contributed by atoms with van der Waals surface area (Å²) in [6.45, 7) is 3.92. The highest BCUT2D eigenvalue weighted by Gasteiger charge is 2.32. The largest absolute Gasteiger partial charge is 0.454 e. The lowest BCUT2D eigenvalue weighted by atomic mass is 9.78. The molecule has 2 heterocycles. The predicted octanol–water partition coefficient (Wildman–Crippen LogP) is 3.40. The highest BCUT2D eigenvalue weighted by molar-refractivity contribution is 6.37. The number of amides is 1. The zero-order valence-electron chi connectivity index (χ0n) is 17.2. The third-order valence-corrected chi connectivity index (χ3v) is 5.47. The van der Waals surface area contributed by atoms with E-state index in [2.05, 4.69) is 10.4 Å². The van der Waals surface area contributed by atoms with Crippen molar-refractivity contribution in [3.8, 4) is 17.2 Å². The number of esters is 1. The maximum Gasteiger partial charge on any atom is 0.369 e. The Balaban J connectivity index is 1.58. The number of hydrogen-bond donors (Lipinski definition) is 3. The quantitative estimate of drug-likeness (QED) is 0.375. The molecule has 0 bridgehead atoms. The molecule has 0 unspecified atom stereocenters. The van der Waals surface area contributed by atoms with E-state index in [0.717, 1.165) is 5.56 Å². The van der Waals surface area contributed by atoms with E-state index < -0.39 is 28.3 Å². The van der Waals surface area contributed by atoms with Crippen molar-refractivity contribution < 1.29 is 19.1 Å². The number of fused-ring (bicyclic) bond motifs is 1. The number of carbonyl (C=O) groups excluding carboxylic acids is 2. The average Bonchev–Trinajstić information content (AvgIpc) is 2.70. The summed E-state index contributed by atoms with van der Waals surface area (Å²) in [5.41, 5.74) is -1.31. The van der Waals surface area contributed by atoms with Crippen LogP contribution in [-0.4, -0.2) is 27.1 Å². The molecule has 10 nitrogen and oxygen atoms in total. The van der Waals surface area contributed by atoms with Crippen molar-refractivity contribution in [2.45, 2.75) is 25.7 Å². The van der Waals surface area contributed by atoms with Crippen LogP contribution in [0.15, 0.2) is 39.9 Å². The lowest BCUT2D eigenvalue weighted by Crippen LogP contribution is -2.32. The van der Waals surface area contributed by atoms with E-state index in [1.807, 2.05) is 23.9 Å². The molecular formula is C21H16Cl2N4O6. The molecule has 1 aromatic heterocycles. The maximum absolute atomic E-state index is 12.2. The number of carbonyl (C=O) groups is 2. The first-order valence-electron chi connectivity index (χ1n) is 9.56. The fourth-order valence-corrected chi connectivity index (χ4v) is 3.94. The van der Waals surface area contributed by atoms with Crippen LogP contribution in [0.5, 0.6) is 17.2 Å². The van der Waals surface area contributed by atoms with Gasteiger partial charge in [-0.3, -0.25) is 14.6 Å². The number of rotatable bonds is 4. The first kappa shape index (κ1) is 22.6. The standard InChI is InChI=1S/C21H16Cl2N4O6/c1-21(2)8-15(28)24-14-4-3-9(5-11(14)21)32-17-12(22)6-10(7-13(17)23)33-19(30)16-18(29)25-20(31)27-26-16/h3-7H,8H2,1-2H3,(H,24,28)(H2,25,27,29,31). The third kappa shape index (κ3) is 4.62. The third-order valence-electron chi connectivity index (χ3n) is 4.90. The molecule has 3 N–H and O–H groups in total. The van der Waals surface area contributed by atoms with Gasteiger partial charge in [0.05, 0.1) is 10.0 Å². The minimum Gasteiger partial charge on any atom is -0.454 e. The molecule has 12 heteroatoms. The molecule has 1 aliphatic rings. The van der Waals surface area contributed by atoms with Gasteiger partial charge >= 0.3 is 11.7 Å². The second-order valence-corrected chi connectivity index (χ2v) is 8.69. The van der Waals surface area contributed by atoms with Gasteiger partial charge in [-0.1, -0.05) is 37.0 Å². The fourth-order valence-electron chi connectivity index (χ4n) is 3.40. The van der Waals surface area contributed by atoms with Gasteiger partial charge in [0.15, 0.2) is 5.75 Å². The zero-order chi connectivity index (χ0) is 23.9. The minimum atomic E-state index is -1.12. The number of nitrogens with zero attached hydrogens (tertiary/aromatic N) is 1. The Morgan fingerprint density at radius 2 is 1.76 bits per heavy atom. The van der Waals surface area contributed by atoms with Crippen LogP contribution in [0.3, 0.4) is 0 Å². The number of anilines is 1. The van der Waals surface area contributed by atoms with Crippen LogP contribution in [0.25, 0.3) is 0 Å². The number of nitrogens with one attached hydrogen (secondary N) is 3.